The predicted molar refractivity (Wildman–Crippen MR) is 105 cm³/mol. The highest BCUT2D eigenvalue weighted by Gasteiger charge is 2.14. The number of benzene rings is 1. The van der Waals surface area contributed by atoms with Gasteiger partial charge in [-0.3, -0.25) is 0 Å². The van der Waals surface area contributed by atoms with Gasteiger partial charge in [-0.05, 0) is 36.1 Å². The first kappa shape index (κ1) is 18.3. The molecule has 1 heterocycles. The van der Waals surface area contributed by atoms with Crippen molar-refractivity contribution in [1.82, 2.24) is 8.96 Å². The van der Waals surface area contributed by atoms with Gasteiger partial charge < -0.3 is 0 Å². The smallest absolute Gasteiger partial charge is 0.170 e. The van der Waals surface area contributed by atoms with Crippen LogP contribution in [0.2, 0.25) is 6.82 Å². The number of nitrogens with zero attached hydrogens (tertiary/aromatic N) is 2. The van der Waals surface area contributed by atoms with Crippen LogP contribution in [0.4, 0.5) is 3.89 Å². The molecule has 2 rings (SSSR count). The molecule has 0 amide bonds. The number of halogens is 1. The van der Waals surface area contributed by atoms with Gasteiger partial charge in [-0.25, -0.2) is 8.96 Å². The van der Waals surface area contributed by atoms with E-state index in [9.17, 15) is 3.89 Å². The van der Waals surface area contributed by atoms with Crippen molar-refractivity contribution in [3.05, 3.63) is 77.8 Å². The van der Waals surface area contributed by atoms with Gasteiger partial charge in [-0.1, -0.05) is 42.6 Å². The summed E-state index contributed by atoms with van der Waals surface area (Å²) in [5, 5.41) is 0. The van der Waals surface area contributed by atoms with Gasteiger partial charge in [0.1, 0.15) is 13.1 Å². The van der Waals surface area contributed by atoms with E-state index in [1.807, 2.05) is 32.3 Å². The molecule has 1 aromatic carbocycles. The molecule has 123 valence electrons. The monoisotopic (exact) mass is 339 g/mol. The Morgan fingerprint density at radius 3 is 2.79 bits per heavy atom. The van der Waals surface area contributed by atoms with E-state index in [-0.39, 0.29) is 12.3 Å². The molecule has 0 saturated heterocycles. The summed E-state index contributed by atoms with van der Waals surface area (Å²) in [6.07, 6.45) is 7.01. The van der Waals surface area contributed by atoms with Crippen LogP contribution in [0.5, 0.6) is 0 Å². The van der Waals surface area contributed by atoms with Crippen molar-refractivity contribution < 1.29 is 3.89 Å². The van der Waals surface area contributed by atoms with Gasteiger partial charge in [-0.2, -0.15) is 0 Å². The first-order valence-corrected chi connectivity index (χ1v) is 8.52. The molecule has 0 unspecified atom stereocenters. The predicted octanol–water partition coefficient (Wildman–Crippen LogP) is 5.50. The highest BCUT2D eigenvalue weighted by molar-refractivity contribution is 7.92. The molecule has 1 aromatic heterocycles. The van der Waals surface area contributed by atoms with Gasteiger partial charge in [0.25, 0.3) is 0 Å². The van der Waals surface area contributed by atoms with Gasteiger partial charge in [-0.15, -0.1) is 17.0 Å². The molecule has 24 heavy (non-hydrogen) atoms. The zero-order chi connectivity index (χ0) is 17.5. The molecule has 0 N–H and O–H groups in total. The fraction of sp³-hybridized carbons (Fsp3) is 0.211. The number of aryl methyl sites for hydroxylation is 2. The molecule has 1 radical (unpaired) electrons. The molecule has 0 atom stereocenters. The molecule has 0 saturated carbocycles. The van der Waals surface area contributed by atoms with Crippen molar-refractivity contribution in [3.63, 3.8) is 0 Å². The Labute approximate surface area is 148 Å². The Balaban J connectivity index is 2.49. The van der Waals surface area contributed by atoms with Gasteiger partial charge in [0.05, 0.1) is 5.69 Å². The molecule has 0 aliphatic carbocycles. The van der Waals surface area contributed by atoms with E-state index in [0.29, 0.717) is 12.2 Å². The van der Waals surface area contributed by atoms with Crippen LogP contribution >= 0.6 is 12.3 Å². The summed E-state index contributed by atoms with van der Waals surface area (Å²) >= 11 is 0.166. The average Bonchev–Trinajstić information content (AvgIpc) is 3.01. The molecule has 0 spiro atoms. The Morgan fingerprint density at radius 2 is 2.17 bits per heavy atom. The highest BCUT2D eigenvalue weighted by Crippen LogP contribution is 2.27. The third-order valence-corrected chi connectivity index (χ3v) is 4.31. The molecule has 2 aromatic rings. The van der Waals surface area contributed by atoms with Crippen LogP contribution in [-0.2, 0) is 6.42 Å². The molecule has 0 bridgehead atoms. The van der Waals surface area contributed by atoms with E-state index in [1.54, 1.807) is 6.20 Å². The summed E-state index contributed by atoms with van der Waals surface area (Å²) in [4.78, 5) is 4.62. The molecule has 0 fully saturated rings. The lowest BCUT2D eigenvalue weighted by atomic mass is 9.69. The van der Waals surface area contributed by atoms with Crippen LogP contribution in [0.25, 0.3) is 11.6 Å². The molecule has 0 aliphatic heterocycles. The number of hydrogen-bond donors (Lipinski definition) is 0. The maximum atomic E-state index is 13.2. The summed E-state index contributed by atoms with van der Waals surface area (Å²) in [5.41, 5.74) is 4.77. The van der Waals surface area contributed by atoms with E-state index in [4.69, 9.17) is 0 Å². The van der Waals surface area contributed by atoms with Crippen molar-refractivity contribution in [2.24, 2.45) is 0 Å². The van der Waals surface area contributed by atoms with E-state index >= 15 is 0 Å². The minimum Gasteiger partial charge on any atom is -0.249 e. The van der Waals surface area contributed by atoms with Crippen molar-refractivity contribution in [2.75, 3.05) is 0 Å². The van der Waals surface area contributed by atoms with Gasteiger partial charge in [0, 0.05) is 12.6 Å². The minimum atomic E-state index is 0.166. The zero-order valence-electron chi connectivity index (χ0n) is 14.1. The Kier molecular flexibility index (Phi) is 6.67. The summed E-state index contributed by atoms with van der Waals surface area (Å²) in [6, 6.07) is 8.13. The lowest BCUT2D eigenvalue weighted by Gasteiger charge is -2.08. The Hall–Kier alpha value is -2.01. The van der Waals surface area contributed by atoms with Crippen LogP contribution in [-0.4, -0.2) is 16.2 Å². The van der Waals surface area contributed by atoms with Crippen molar-refractivity contribution in [1.29, 1.82) is 0 Å². The van der Waals surface area contributed by atoms with Crippen LogP contribution in [0.3, 0.4) is 0 Å². The van der Waals surface area contributed by atoms with E-state index in [0.717, 1.165) is 28.7 Å². The molecular weight excluding hydrogens is 318 g/mol. The fourth-order valence-corrected chi connectivity index (χ4v) is 2.73. The third kappa shape index (κ3) is 4.29. The lowest BCUT2D eigenvalue weighted by Crippen LogP contribution is -1.96. The number of hydrogen-bond acceptors (Lipinski definition) is 2. The third-order valence-electron chi connectivity index (χ3n) is 3.85. The fourth-order valence-electron chi connectivity index (χ4n) is 2.38. The average molecular weight is 339 g/mol. The Morgan fingerprint density at radius 1 is 1.42 bits per heavy atom. The summed E-state index contributed by atoms with van der Waals surface area (Å²) in [5.74, 6) is 0.692. The second kappa shape index (κ2) is 8.74. The van der Waals surface area contributed by atoms with E-state index in [2.05, 4.69) is 43.3 Å². The van der Waals surface area contributed by atoms with Crippen LogP contribution in [0.1, 0.15) is 29.1 Å². The van der Waals surface area contributed by atoms with Crippen molar-refractivity contribution >= 4 is 31.3 Å². The molecule has 0 aliphatic rings. The Bertz CT molecular complexity index is 764. The summed E-state index contributed by atoms with van der Waals surface area (Å²) in [7, 11) is 1.94. The summed E-state index contributed by atoms with van der Waals surface area (Å²) < 4.78 is 14.7. The molecule has 2 nitrogen and oxygen atoms in total. The standard InChI is InChI=1S/C19H21BFN2S/c1-5-6-11-19-22-18(13-23(19)24-21)17(15(3)20-4)12-16-10-8-7-9-14(16)2/h5,7-10,12-13H,1,3,6,11H2,2,4H3/b17-12+. The van der Waals surface area contributed by atoms with Gasteiger partial charge >= 0.3 is 0 Å². The molecular formula is C19H21BFN2S. The van der Waals surface area contributed by atoms with Crippen molar-refractivity contribution in [2.45, 2.75) is 26.6 Å². The highest BCUT2D eigenvalue weighted by atomic mass is 32.2. The zero-order valence-corrected chi connectivity index (χ0v) is 14.9. The molecule has 5 heteroatoms. The maximum absolute atomic E-state index is 13.2. The lowest BCUT2D eigenvalue weighted by molar-refractivity contribution is 0.856. The van der Waals surface area contributed by atoms with E-state index < -0.39 is 0 Å². The summed E-state index contributed by atoms with van der Waals surface area (Å²) in [6.45, 7) is 11.8. The second-order valence-corrected chi connectivity index (χ2v) is 6.02. The number of aromatic nitrogens is 2. The quantitative estimate of drug-likeness (QED) is 0.359. The van der Waals surface area contributed by atoms with Crippen LogP contribution < -0.4 is 0 Å². The van der Waals surface area contributed by atoms with Crippen LogP contribution in [0, 0.1) is 6.92 Å². The number of imidazole rings is 1. The minimum absolute atomic E-state index is 0.166. The maximum Gasteiger partial charge on any atom is 0.170 e. The normalized spacial score (nSPS) is 11.4. The van der Waals surface area contributed by atoms with Crippen molar-refractivity contribution in [3.8, 4) is 0 Å². The number of rotatable bonds is 8. The first-order valence-electron chi connectivity index (χ1n) is 7.85. The van der Waals surface area contributed by atoms with Crippen LogP contribution in [0.15, 0.2) is 55.2 Å². The van der Waals surface area contributed by atoms with Gasteiger partial charge in [0.15, 0.2) is 12.3 Å². The SMILES string of the molecule is C=CCCc1nc(/C(=C/c2ccccc2C)C(=C)[B]C)cn1SF. The largest absolute Gasteiger partial charge is 0.249 e. The second-order valence-electron chi connectivity index (χ2n) is 5.49. The van der Waals surface area contributed by atoms with Gasteiger partial charge in [0.2, 0.25) is 0 Å². The number of allylic oxidation sites excluding steroid dienone is 3. The van der Waals surface area contributed by atoms with E-state index in [1.165, 1.54) is 9.54 Å². The topological polar surface area (TPSA) is 17.8 Å². The first-order chi connectivity index (χ1) is 11.6.